The van der Waals surface area contributed by atoms with Crippen molar-refractivity contribution < 1.29 is 33.4 Å². The second kappa shape index (κ2) is 7.96. The number of fused-ring (bicyclic) bond motifs is 3. The van der Waals surface area contributed by atoms with E-state index in [2.05, 4.69) is 0 Å². The zero-order chi connectivity index (χ0) is 20.4. The summed E-state index contributed by atoms with van der Waals surface area (Å²) in [5.74, 6) is -3.54. The fraction of sp³-hybridized carbons (Fsp3) is 0.429. The summed E-state index contributed by atoms with van der Waals surface area (Å²) in [4.78, 5) is 48.8. The molecule has 148 valence electrons. The Morgan fingerprint density at radius 3 is 2.50 bits per heavy atom. The van der Waals surface area contributed by atoms with Gasteiger partial charge in [-0.3, -0.25) is 14.4 Å². The van der Waals surface area contributed by atoms with Crippen LogP contribution < -0.4 is 0 Å². The first-order chi connectivity index (χ1) is 13.3. The average molecular weight is 386 g/mol. The van der Waals surface area contributed by atoms with Crippen molar-refractivity contribution in [3.05, 3.63) is 29.5 Å². The Bertz CT molecular complexity index is 953. The number of furan rings is 1. The number of cyclic esters (lactones) is 1. The first-order valence-corrected chi connectivity index (χ1v) is 9.33. The molecule has 0 unspecified atom stereocenters. The SMILES string of the molecule is C[C@@H]1CCC(=O)C(=O)C(=O)CCCc2c(c(O)cc3occc23)C(=O)O[C@H]1C. The molecule has 1 aliphatic heterocycles. The van der Waals surface area contributed by atoms with E-state index in [1.165, 1.54) is 12.3 Å². The normalized spacial score (nSPS) is 22.6. The van der Waals surface area contributed by atoms with Crippen molar-refractivity contribution in [2.75, 3.05) is 0 Å². The van der Waals surface area contributed by atoms with E-state index in [1.54, 1.807) is 19.9 Å². The van der Waals surface area contributed by atoms with Gasteiger partial charge in [-0.05, 0) is 43.7 Å². The van der Waals surface area contributed by atoms with E-state index in [1.807, 2.05) is 0 Å². The lowest BCUT2D eigenvalue weighted by atomic mass is 9.93. The fourth-order valence-electron chi connectivity index (χ4n) is 3.40. The average Bonchev–Trinajstić information content (AvgIpc) is 3.11. The lowest BCUT2D eigenvalue weighted by molar-refractivity contribution is -0.144. The summed E-state index contributed by atoms with van der Waals surface area (Å²) in [6.45, 7) is 3.49. The maximum absolute atomic E-state index is 12.8. The van der Waals surface area contributed by atoms with Crippen LogP contribution in [-0.4, -0.2) is 34.5 Å². The molecular weight excluding hydrogens is 364 g/mol. The van der Waals surface area contributed by atoms with Gasteiger partial charge >= 0.3 is 5.97 Å². The lowest BCUT2D eigenvalue weighted by Crippen LogP contribution is -2.27. The number of hydrogen-bond acceptors (Lipinski definition) is 7. The van der Waals surface area contributed by atoms with Crippen LogP contribution >= 0.6 is 0 Å². The highest BCUT2D eigenvalue weighted by atomic mass is 16.5. The molecule has 1 aromatic carbocycles. The first-order valence-electron chi connectivity index (χ1n) is 9.33. The molecule has 0 radical (unpaired) electrons. The summed E-state index contributed by atoms with van der Waals surface area (Å²) in [7, 11) is 0. The highest BCUT2D eigenvalue weighted by Crippen LogP contribution is 2.33. The second-order valence-corrected chi connectivity index (χ2v) is 7.24. The standard InChI is InChI=1S/C21H22O7/c1-11-6-7-16(23)20(25)15(22)5-3-4-14-13-8-9-27-18(13)10-17(24)19(14)21(26)28-12(11)2/h8-12,24H,3-7H2,1-2H3/t11-,12+/m1/s1. The Morgan fingerprint density at radius 2 is 1.75 bits per heavy atom. The molecule has 7 heteroatoms. The van der Waals surface area contributed by atoms with E-state index in [0.717, 1.165) is 0 Å². The van der Waals surface area contributed by atoms with Gasteiger partial charge in [0.05, 0.1) is 6.26 Å². The minimum absolute atomic E-state index is 0.0415. The number of carbonyl (C=O) groups excluding carboxylic acids is 4. The quantitative estimate of drug-likeness (QED) is 0.547. The number of aromatic hydroxyl groups is 1. The van der Waals surface area contributed by atoms with Crippen molar-refractivity contribution in [2.45, 2.75) is 52.1 Å². The Balaban J connectivity index is 2.03. The summed E-state index contributed by atoms with van der Waals surface area (Å²) in [5, 5.41) is 11.0. The van der Waals surface area contributed by atoms with Gasteiger partial charge in [0.1, 0.15) is 23.0 Å². The summed E-state index contributed by atoms with van der Waals surface area (Å²) in [6.07, 6.45) is 1.53. The highest BCUT2D eigenvalue weighted by Gasteiger charge is 2.28. The summed E-state index contributed by atoms with van der Waals surface area (Å²) < 4.78 is 10.9. The maximum Gasteiger partial charge on any atom is 0.342 e. The fourth-order valence-corrected chi connectivity index (χ4v) is 3.40. The number of esters is 1. The number of phenols is 1. The molecule has 28 heavy (non-hydrogen) atoms. The van der Waals surface area contributed by atoms with E-state index in [0.29, 0.717) is 23.0 Å². The molecule has 0 saturated heterocycles. The molecule has 2 aromatic rings. The smallest absolute Gasteiger partial charge is 0.342 e. The zero-order valence-electron chi connectivity index (χ0n) is 15.8. The molecule has 1 aromatic heterocycles. The minimum Gasteiger partial charge on any atom is -0.507 e. The van der Waals surface area contributed by atoms with Crippen molar-refractivity contribution in [1.29, 1.82) is 0 Å². The monoisotopic (exact) mass is 386 g/mol. The molecule has 1 N–H and O–H groups in total. The number of hydrogen-bond donors (Lipinski definition) is 1. The number of ketones is 3. The van der Waals surface area contributed by atoms with Gasteiger partial charge in [0, 0.05) is 24.3 Å². The largest absolute Gasteiger partial charge is 0.507 e. The van der Waals surface area contributed by atoms with Gasteiger partial charge in [0.15, 0.2) is 0 Å². The van der Waals surface area contributed by atoms with E-state index in [4.69, 9.17) is 9.15 Å². The van der Waals surface area contributed by atoms with Crippen molar-refractivity contribution >= 4 is 34.3 Å². The highest BCUT2D eigenvalue weighted by molar-refractivity contribution is 6.63. The van der Waals surface area contributed by atoms with Gasteiger partial charge in [0.25, 0.3) is 5.78 Å². The maximum atomic E-state index is 12.8. The van der Waals surface area contributed by atoms with Crippen LogP contribution in [0.15, 0.2) is 22.8 Å². The van der Waals surface area contributed by atoms with Crippen molar-refractivity contribution in [2.24, 2.45) is 5.92 Å². The van der Waals surface area contributed by atoms with Gasteiger partial charge in [-0.25, -0.2) is 4.79 Å². The van der Waals surface area contributed by atoms with Crippen molar-refractivity contribution in [3.8, 4) is 5.75 Å². The molecule has 0 aliphatic carbocycles. The molecule has 0 amide bonds. The molecule has 0 spiro atoms. The summed E-state index contributed by atoms with van der Waals surface area (Å²) in [6, 6.07) is 3.03. The van der Waals surface area contributed by atoms with E-state index < -0.39 is 29.4 Å². The number of aryl methyl sites for hydroxylation is 1. The van der Waals surface area contributed by atoms with Gasteiger partial charge in [0.2, 0.25) is 11.6 Å². The topological polar surface area (TPSA) is 111 Å². The number of rotatable bonds is 0. The summed E-state index contributed by atoms with van der Waals surface area (Å²) >= 11 is 0. The second-order valence-electron chi connectivity index (χ2n) is 7.24. The number of benzene rings is 1. The van der Waals surface area contributed by atoms with Crippen LogP contribution in [0.3, 0.4) is 0 Å². The molecular formula is C21H22O7. The molecule has 0 fully saturated rings. The predicted octanol–water partition coefficient (Wildman–Crippen LogP) is 3.14. The zero-order valence-corrected chi connectivity index (χ0v) is 15.8. The number of phenolic OH excluding ortho intramolecular Hbond substituents is 1. The lowest BCUT2D eigenvalue weighted by Gasteiger charge is -2.21. The molecule has 7 nitrogen and oxygen atoms in total. The van der Waals surface area contributed by atoms with Crippen molar-refractivity contribution in [1.82, 2.24) is 0 Å². The van der Waals surface area contributed by atoms with Gasteiger partial charge in [-0.15, -0.1) is 0 Å². The predicted molar refractivity (Wildman–Crippen MR) is 99.1 cm³/mol. The third kappa shape index (κ3) is 3.83. The van der Waals surface area contributed by atoms with Crippen LogP contribution in [-0.2, 0) is 25.5 Å². The van der Waals surface area contributed by atoms with Crippen LogP contribution in [0.2, 0.25) is 0 Å². The number of Topliss-reactive ketones (excluding diaryl/α,β-unsaturated/α-hetero) is 3. The van der Waals surface area contributed by atoms with Gasteiger partial charge in [-0.1, -0.05) is 6.92 Å². The Kier molecular flexibility index (Phi) is 5.63. The third-order valence-corrected chi connectivity index (χ3v) is 5.31. The molecule has 2 atom stereocenters. The number of carbonyl (C=O) groups is 4. The first kappa shape index (κ1) is 19.8. The summed E-state index contributed by atoms with van der Waals surface area (Å²) in [5.41, 5.74) is 0.946. The van der Waals surface area contributed by atoms with Gasteiger partial charge in [-0.2, -0.15) is 0 Å². The molecule has 1 aliphatic rings. The van der Waals surface area contributed by atoms with Gasteiger partial charge < -0.3 is 14.3 Å². The Morgan fingerprint density at radius 1 is 1.04 bits per heavy atom. The van der Waals surface area contributed by atoms with Crippen LogP contribution in [0.1, 0.15) is 55.5 Å². The minimum atomic E-state index is -0.974. The molecule has 0 bridgehead atoms. The number of ether oxygens (including phenoxy) is 1. The molecule has 0 saturated carbocycles. The molecule has 3 rings (SSSR count). The third-order valence-electron chi connectivity index (χ3n) is 5.31. The molecule has 2 heterocycles. The van der Waals surface area contributed by atoms with E-state index in [-0.39, 0.29) is 42.9 Å². The van der Waals surface area contributed by atoms with Crippen molar-refractivity contribution in [3.63, 3.8) is 0 Å². The Labute approximate surface area is 161 Å². The van der Waals surface area contributed by atoms with E-state index in [9.17, 15) is 24.3 Å². The van der Waals surface area contributed by atoms with Crippen LogP contribution in [0, 0.1) is 5.92 Å². The van der Waals surface area contributed by atoms with Crippen LogP contribution in [0.4, 0.5) is 0 Å². The van der Waals surface area contributed by atoms with E-state index >= 15 is 0 Å². The van der Waals surface area contributed by atoms with Crippen LogP contribution in [0.5, 0.6) is 5.75 Å². The Hall–Kier alpha value is -2.96. The van der Waals surface area contributed by atoms with Crippen LogP contribution in [0.25, 0.3) is 11.0 Å².